The topological polar surface area (TPSA) is 108 Å². The van der Waals surface area contributed by atoms with E-state index < -0.39 is 0 Å². The molecule has 4 rings (SSSR count). The smallest absolute Gasteiger partial charge is 0.265 e. The third kappa shape index (κ3) is 2.69. The molecular weight excluding hydrogens is 320 g/mol. The van der Waals surface area contributed by atoms with Crippen LogP contribution in [0.25, 0.3) is 22.1 Å². The minimum atomic E-state index is 0.0145. The molecule has 2 heterocycles. The summed E-state index contributed by atoms with van der Waals surface area (Å²) >= 11 is 0. The molecule has 0 amide bonds. The quantitative estimate of drug-likeness (QED) is 0.391. The summed E-state index contributed by atoms with van der Waals surface area (Å²) in [6.07, 6.45) is 1.45. The van der Waals surface area contributed by atoms with E-state index in [4.69, 9.17) is 4.74 Å². The summed E-state index contributed by atoms with van der Waals surface area (Å²) in [5.41, 5.74) is 5.49. The van der Waals surface area contributed by atoms with E-state index in [1.165, 1.54) is 13.3 Å². The van der Waals surface area contributed by atoms with Crippen molar-refractivity contribution >= 4 is 34.2 Å². The van der Waals surface area contributed by atoms with Gasteiger partial charge in [0.05, 0.1) is 13.3 Å². The lowest BCUT2D eigenvalue weighted by molar-refractivity contribution is 0.373. The number of hydrogen-bond donors (Lipinski definition) is 3. The van der Waals surface area contributed by atoms with Gasteiger partial charge < -0.3 is 14.8 Å². The average Bonchev–Trinajstić information content (AvgIpc) is 3.01. The Morgan fingerprint density at radius 1 is 1.16 bits per heavy atom. The maximum absolute atomic E-state index is 10.0. The number of methoxy groups -OCH3 is 1. The van der Waals surface area contributed by atoms with Crippen molar-refractivity contribution in [3.8, 4) is 11.5 Å². The molecular formula is C17H14N6O2. The Morgan fingerprint density at radius 2 is 2.04 bits per heavy atom. The summed E-state index contributed by atoms with van der Waals surface area (Å²) < 4.78 is 5.06. The summed E-state index contributed by atoms with van der Waals surface area (Å²) in [6.45, 7) is 0. The number of aromatic amines is 1. The number of aromatic nitrogens is 4. The molecule has 0 spiro atoms. The molecule has 0 aliphatic heterocycles. The lowest BCUT2D eigenvalue weighted by Gasteiger charge is -2.04. The van der Waals surface area contributed by atoms with Crippen molar-refractivity contribution in [2.45, 2.75) is 0 Å². The number of nitrogens with zero attached hydrogens (tertiary/aromatic N) is 4. The highest BCUT2D eigenvalue weighted by atomic mass is 16.5. The normalized spacial score (nSPS) is 11.4. The second kappa shape index (κ2) is 6.08. The molecule has 0 unspecified atom stereocenters. The second-order valence-electron chi connectivity index (χ2n) is 5.27. The van der Waals surface area contributed by atoms with E-state index in [0.717, 1.165) is 10.9 Å². The number of phenolic OH excluding ortho intramolecular Hbond substituents is 1. The van der Waals surface area contributed by atoms with Crippen molar-refractivity contribution in [3.63, 3.8) is 0 Å². The van der Waals surface area contributed by atoms with Gasteiger partial charge in [0.25, 0.3) is 5.95 Å². The monoisotopic (exact) mass is 334 g/mol. The lowest BCUT2D eigenvalue weighted by atomic mass is 10.2. The van der Waals surface area contributed by atoms with Crippen molar-refractivity contribution in [1.29, 1.82) is 0 Å². The number of hydrogen-bond acceptors (Lipinski definition) is 7. The second-order valence-corrected chi connectivity index (χ2v) is 5.27. The molecule has 4 aromatic rings. The van der Waals surface area contributed by atoms with Gasteiger partial charge >= 0.3 is 0 Å². The van der Waals surface area contributed by atoms with Gasteiger partial charge in [-0.2, -0.15) is 10.1 Å². The van der Waals surface area contributed by atoms with Gasteiger partial charge in [-0.15, -0.1) is 10.2 Å². The van der Waals surface area contributed by atoms with E-state index in [0.29, 0.717) is 22.5 Å². The summed E-state index contributed by atoms with van der Waals surface area (Å²) in [4.78, 5) is 7.55. The Balaban J connectivity index is 1.60. The number of fused-ring (bicyclic) bond motifs is 3. The van der Waals surface area contributed by atoms with Crippen LogP contribution in [-0.4, -0.2) is 38.6 Å². The van der Waals surface area contributed by atoms with Gasteiger partial charge in [0.15, 0.2) is 17.1 Å². The maximum atomic E-state index is 10.0. The standard InChI is InChI=1S/C17H14N6O2/c1-25-13-8-4-5-10(15(13)24)9-18-22-17-20-16-14(21-23-17)11-6-2-3-7-12(11)19-16/h2-9,24H,1H3,(H2,19,20,22,23)/b18-9+. The van der Waals surface area contributed by atoms with Crippen molar-refractivity contribution < 1.29 is 9.84 Å². The first-order valence-corrected chi connectivity index (χ1v) is 7.52. The fourth-order valence-electron chi connectivity index (χ4n) is 2.54. The van der Waals surface area contributed by atoms with Gasteiger partial charge in [-0.25, -0.2) is 5.43 Å². The van der Waals surface area contributed by atoms with Gasteiger partial charge in [-0.3, -0.25) is 0 Å². The van der Waals surface area contributed by atoms with E-state index in [1.807, 2.05) is 24.3 Å². The van der Waals surface area contributed by atoms with Crippen LogP contribution in [0.15, 0.2) is 47.6 Å². The molecule has 0 saturated heterocycles. The number of H-pyrrole nitrogens is 1. The van der Waals surface area contributed by atoms with Crippen molar-refractivity contribution in [2.24, 2.45) is 5.10 Å². The van der Waals surface area contributed by atoms with Crippen LogP contribution >= 0.6 is 0 Å². The summed E-state index contributed by atoms with van der Waals surface area (Å²) in [6, 6.07) is 12.9. The Kier molecular flexibility index (Phi) is 3.62. The molecule has 0 atom stereocenters. The number of nitrogens with one attached hydrogen (secondary N) is 2. The highest BCUT2D eigenvalue weighted by Crippen LogP contribution is 2.28. The van der Waals surface area contributed by atoms with Crippen LogP contribution in [0.5, 0.6) is 11.5 Å². The van der Waals surface area contributed by atoms with E-state index in [2.05, 4.69) is 30.7 Å². The number of para-hydroxylation sites is 2. The first-order valence-electron chi connectivity index (χ1n) is 7.52. The number of benzene rings is 2. The first-order chi connectivity index (χ1) is 12.3. The Hall–Kier alpha value is -3.68. The summed E-state index contributed by atoms with van der Waals surface area (Å²) in [5, 5.41) is 23.2. The molecule has 0 saturated carbocycles. The average molecular weight is 334 g/mol. The zero-order valence-electron chi connectivity index (χ0n) is 13.3. The lowest BCUT2D eigenvalue weighted by Crippen LogP contribution is -1.99. The largest absolute Gasteiger partial charge is 0.504 e. The molecule has 8 heteroatoms. The van der Waals surface area contributed by atoms with Crippen LogP contribution in [-0.2, 0) is 0 Å². The molecule has 2 aromatic heterocycles. The maximum Gasteiger partial charge on any atom is 0.265 e. The Morgan fingerprint density at radius 3 is 2.92 bits per heavy atom. The molecule has 0 bridgehead atoms. The third-order valence-corrected chi connectivity index (χ3v) is 3.74. The van der Waals surface area contributed by atoms with Crippen LogP contribution in [0.2, 0.25) is 0 Å². The van der Waals surface area contributed by atoms with Crippen LogP contribution < -0.4 is 10.2 Å². The molecule has 124 valence electrons. The number of aromatic hydroxyl groups is 1. The van der Waals surface area contributed by atoms with Gasteiger partial charge in [-0.1, -0.05) is 24.3 Å². The van der Waals surface area contributed by atoms with E-state index in [1.54, 1.807) is 18.2 Å². The predicted molar refractivity (Wildman–Crippen MR) is 95.1 cm³/mol. The van der Waals surface area contributed by atoms with Gasteiger partial charge in [0, 0.05) is 16.5 Å². The van der Waals surface area contributed by atoms with Gasteiger partial charge in [0.1, 0.15) is 5.52 Å². The molecule has 0 aliphatic rings. The number of anilines is 1. The molecule has 25 heavy (non-hydrogen) atoms. The van der Waals surface area contributed by atoms with Crippen LogP contribution in [0.3, 0.4) is 0 Å². The number of hydrazone groups is 1. The van der Waals surface area contributed by atoms with Crippen molar-refractivity contribution in [3.05, 3.63) is 48.0 Å². The van der Waals surface area contributed by atoms with E-state index >= 15 is 0 Å². The van der Waals surface area contributed by atoms with Crippen LogP contribution in [0, 0.1) is 0 Å². The predicted octanol–water partition coefficient (Wildman–Crippen LogP) is 2.67. The molecule has 8 nitrogen and oxygen atoms in total. The number of phenols is 1. The highest BCUT2D eigenvalue weighted by Gasteiger charge is 2.08. The van der Waals surface area contributed by atoms with Gasteiger partial charge in [0.2, 0.25) is 0 Å². The molecule has 0 radical (unpaired) electrons. The number of rotatable bonds is 4. The molecule has 0 aliphatic carbocycles. The minimum Gasteiger partial charge on any atom is -0.504 e. The minimum absolute atomic E-state index is 0.0145. The SMILES string of the molecule is COc1cccc(/C=N/Nc2nnc3c(n2)[nH]c2ccccc23)c1O. The molecule has 2 aromatic carbocycles. The number of ether oxygens (including phenoxy) is 1. The summed E-state index contributed by atoms with van der Waals surface area (Å²) in [5.74, 6) is 0.639. The van der Waals surface area contributed by atoms with Crippen molar-refractivity contribution in [2.75, 3.05) is 12.5 Å². The first kappa shape index (κ1) is 14.9. The molecule has 0 fully saturated rings. The van der Waals surface area contributed by atoms with E-state index in [-0.39, 0.29) is 11.7 Å². The fourth-order valence-corrected chi connectivity index (χ4v) is 2.54. The van der Waals surface area contributed by atoms with Gasteiger partial charge in [-0.05, 0) is 18.2 Å². The zero-order chi connectivity index (χ0) is 17.2. The fraction of sp³-hybridized carbons (Fsp3) is 0.0588. The Bertz CT molecular complexity index is 1090. The third-order valence-electron chi connectivity index (χ3n) is 3.74. The van der Waals surface area contributed by atoms with E-state index in [9.17, 15) is 5.11 Å². The highest BCUT2D eigenvalue weighted by molar-refractivity contribution is 6.03. The van der Waals surface area contributed by atoms with Crippen LogP contribution in [0.4, 0.5) is 5.95 Å². The van der Waals surface area contributed by atoms with Crippen molar-refractivity contribution in [1.82, 2.24) is 20.2 Å². The zero-order valence-corrected chi connectivity index (χ0v) is 13.3. The van der Waals surface area contributed by atoms with Crippen LogP contribution in [0.1, 0.15) is 5.56 Å². The summed E-state index contributed by atoms with van der Waals surface area (Å²) in [7, 11) is 1.49. The molecule has 3 N–H and O–H groups in total. The Labute approximate surface area is 142 Å².